The molecule has 9 heteroatoms. The predicted molar refractivity (Wildman–Crippen MR) is 117 cm³/mol. The Labute approximate surface area is 190 Å². The second-order valence-corrected chi connectivity index (χ2v) is 8.48. The average molecular weight is 461 g/mol. The average Bonchev–Trinajstić information content (AvgIpc) is 3.62. The van der Waals surface area contributed by atoms with E-state index in [0.29, 0.717) is 24.4 Å². The minimum absolute atomic E-state index is 0.0325. The first-order chi connectivity index (χ1) is 15.8. The molecule has 1 saturated carbocycles. The Balaban J connectivity index is 1.24. The molecule has 33 heavy (non-hydrogen) atoms. The van der Waals surface area contributed by atoms with Crippen molar-refractivity contribution in [1.82, 2.24) is 9.80 Å². The van der Waals surface area contributed by atoms with E-state index in [2.05, 4.69) is 10.2 Å². The van der Waals surface area contributed by atoms with E-state index < -0.39 is 17.6 Å². The fourth-order valence-electron chi connectivity index (χ4n) is 3.79. The van der Waals surface area contributed by atoms with Gasteiger partial charge < -0.3 is 15.0 Å². The Bertz CT molecular complexity index is 982. The molecule has 2 amide bonds. The van der Waals surface area contributed by atoms with Crippen LogP contribution in [0, 0.1) is 5.92 Å². The molecule has 2 aliphatic rings. The smallest absolute Gasteiger partial charge is 0.416 e. The van der Waals surface area contributed by atoms with Crippen LogP contribution in [-0.2, 0) is 11.0 Å². The van der Waals surface area contributed by atoms with Gasteiger partial charge in [-0.15, -0.1) is 0 Å². The van der Waals surface area contributed by atoms with E-state index in [0.717, 1.165) is 37.7 Å². The molecule has 1 aliphatic heterocycles. The number of alkyl halides is 3. The molecule has 0 atom stereocenters. The molecule has 1 saturated heterocycles. The summed E-state index contributed by atoms with van der Waals surface area (Å²) < 4.78 is 43.8. The number of carbonyl (C=O) groups excluding carboxylic acids is 2. The maximum atomic E-state index is 12.8. The fourth-order valence-corrected chi connectivity index (χ4v) is 3.79. The lowest BCUT2D eigenvalue weighted by Crippen LogP contribution is -2.49. The summed E-state index contributed by atoms with van der Waals surface area (Å²) >= 11 is 0. The highest BCUT2D eigenvalue weighted by Crippen LogP contribution is 2.31. The van der Waals surface area contributed by atoms with Gasteiger partial charge >= 0.3 is 6.18 Å². The van der Waals surface area contributed by atoms with Crippen LogP contribution in [0.3, 0.4) is 0 Å². The van der Waals surface area contributed by atoms with Crippen molar-refractivity contribution in [2.45, 2.75) is 19.0 Å². The predicted octanol–water partition coefficient (Wildman–Crippen LogP) is 3.89. The van der Waals surface area contributed by atoms with Gasteiger partial charge in [-0.2, -0.15) is 13.2 Å². The molecular formula is C24H26F3N3O3. The van der Waals surface area contributed by atoms with E-state index in [-0.39, 0.29) is 18.2 Å². The van der Waals surface area contributed by atoms with Gasteiger partial charge in [-0.05, 0) is 61.2 Å². The van der Waals surface area contributed by atoms with Gasteiger partial charge in [0.15, 0.2) is 6.61 Å². The highest BCUT2D eigenvalue weighted by molar-refractivity contribution is 5.94. The van der Waals surface area contributed by atoms with Crippen molar-refractivity contribution in [3.05, 3.63) is 59.7 Å². The molecule has 0 aromatic heterocycles. The van der Waals surface area contributed by atoms with Crippen LogP contribution in [0.1, 0.15) is 28.8 Å². The lowest BCUT2D eigenvalue weighted by atomic mass is 10.1. The van der Waals surface area contributed by atoms with Gasteiger partial charge in [-0.1, -0.05) is 6.07 Å². The number of carbonyl (C=O) groups is 2. The lowest BCUT2D eigenvalue weighted by molar-refractivity contribution is -0.137. The van der Waals surface area contributed by atoms with Gasteiger partial charge in [-0.3, -0.25) is 14.5 Å². The fraction of sp³-hybridized carbons (Fsp3) is 0.417. The van der Waals surface area contributed by atoms with Crippen LogP contribution in [-0.4, -0.2) is 60.9 Å². The Morgan fingerprint density at radius 2 is 1.70 bits per heavy atom. The monoisotopic (exact) mass is 461 g/mol. The first-order valence-electron chi connectivity index (χ1n) is 11.0. The number of hydrogen-bond donors (Lipinski definition) is 1. The summed E-state index contributed by atoms with van der Waals surface area (Å²) in [7, 11) is 0. The number of ether oxygens (including phenoxy) is 1. The molecule has 0 radical (unpaired) electrons. The first kappa shape index (κ1) is 23.1. The molecule has 2 aromatic carbocycles. The zero-order valence-corrected chi connectivity index (χ0v) is 18.1. The van der Waals surface area contributed by atoms with E-state index in [1.807, 2.05) is 4.90 Å². The number of anilines is 1. The first-order valence-corrected chi connectivity index (χ1v) is 11.0. The molecule has 0 unspecified atom stereocenters. The number of rotatable bonds is 7. The van der Waals surface area contributed by atoms with Gasteiger partial charge in [0.2, 0.25) is 0 Å². The van der Waals surface area contributed by atoms with Crippen molar-refractivity contribution in [2.75, 3.05) is 44.6 Å². The number of piperazine rings is 1. The molecule has 1 heterocycles. The molecule has 2 fully saturated rings. The normalized spacial score (nSPS) is 17.0. The van der Waals surface area contributed by atoms with Gasteiger partial charge in [-0.25, -0.2) is 0 Å². The molecule has 1 aliphatic carbocycles. The third-order valence-corrected chi connectivity index (χ3v) is 5.82. The second kappa shape index (κ2) is 9.82. The minimum atomic E-state index is -4.49. The third kappa shape index (κ3) is 6.47. The molecule has 2 aromatic rings. The van der Waals surface area contributed by atoms with Crippen molar-refractivity contribution in [3.63, 3.8) is 0 Å². The SMILES string of the molecule is O=C(COc1ccc(C(=O)N2CCN(CC3CC3)CC2)cc1)Nc1cccc(C(F)(F)F)c1. The highest BCUT2D eigenvalue weighted by atomic mass is 19.4. The quantitative estimate of drug-likeness (QED) is 0.680. The maximum Gasteiger partial charge on any atom is 0.416 e. The van der Waals surface area contributed by atoms with Gasteiger partial charge in [0.05, 0.1) is 5.56 Å². The topological polar surface area (TPSA) is 61.9 Å². The summed E-state index contributed by atoms with van der Waals surface area (Å²) in [6, 6.07) is 10.9. The van der Waals surface area contributed by atoms with Crippen molar-refractivity contribution in [1.29, 1.82) is 0 Å². The van der Waals surface area contributed by atoms with Crippen LogP contribution in [0.2, 0.25) is 0 Å². The maximum absolute atomic E-state index is 12.8. The number of hydrogen-bond acceptors (Lipinski definition) is 4. The van der Waals surface area contributed by atoms with Crippen molar-refractivity contribution < 1.29 is 27.5 Å². The third-order valence-electron chi connectivity index (χ3n) is 5.82. The van der Waals surface area contributed by atoms with E-state index in [1.54, 1.807) is 24.3 Å². The molecular weight excluding hydrogens is 435 g/mol. The summed E-state index contributed by atoms with van der Waals surface area (Å²) in [6.07, 6.45) is -1.85. The summed E-state index contributed by atoms with van der Waals surface area (Å²) in [5, 5.41) is 2.39. The molecule has 0 bridgehead atoms. The van der Waals surface area contributed by atoms with E-state index in [4.69, 9.17) is 4.74 Å². The molecule has 4 rings (SSSR count). The van der Waals surface area contributed by atoms with Crippen LogP contribution < -0.4 is 10.1 Å². The summed E-state index contributed by atoms with van der Waals surface area (Å²) in [4.78, 5) is 29.1. The van der Waals surface area contributed by atoms with Crippen LogP contribution in [0.15, 0.2) is 48.5 Å². The van der Waals surface area contributed by atoms with Crippen LogP contribution in [0.4, 0.5) is 18.9 Å². The van der Waals surface area contributed by atoms with Gasteiger partial charge in [0, 0.05) is 44.0 Å². The largest absolute Gasteiger partial charge is 0.484 e. The molecule has 6 nitrogen and oxygen atoms in total. The van der Waals surface area contributed by atoms with E-state index >= 15 is 0 Å². The van der Waals surface area contributed by atoms with Crippen molar-refractivity contribution in [2.24, 2.45) is 5.92 Å². The summed E-state index contributed by atoms with van der Waals surface area (Å²) in [5.74, 6) is 0.611. The lowest BCUT2D eigenvalue weighted by Gasteiger charge is -2.34. The van der Waals surface area contributed by atoms with Gasteiger partial charge in [0.1, 0.15) is 5.75 Å². The van der Waals surface area contributed by atoms with Crippen molar-refractivity contribution in [3.8, 4) is 5.75 Å². The zero-order valence-electron chi connectivity index (χ0n) is 18.1. The molecule has 1 N–H and O–H groups in total. The van der Waals surface area contributed by atoms with Crippen LogP contribution >= 0.6 is 0 Å². The number of nitrogens with zero attached hydrogens (tertiary/aromatic N) is 2. The number of halogens is 3. The highest BCUT2D eigenvalue weighted by Gasteiger charge is 2.30. The van der Waals surface area contributed by atoms with Crippen LogP contribution in [0.5, 0.6) is 5.75 Å². The van der Waals surface area contributed by atoms with E-state index in [1.165, 1.54) is 25.0 Å². The Morgan fingerprint density at radius 1 is 1.00 bits per heavy atom. The van der Waals surface area contributed by atoms with Crippen LogP contribution in [0.25, 0.3) is 0 Å². The van der Waals surface area contributed by atoms with Gasteiger partial charge in [0.25, 0.3) is 11.8 Å². The zero-order chi connectivity index (χ0) is 23.4. The number of nitrogens with one attached hydrogen (secondary N) is 1. The summed E-state index contributed by atoms with van der Waals surface area (Å²) in [6.45, 7) is 3.97. The standard InChI is InChI=1S/C24H26F3N3O3/c25-24(26,27)19-2-1-3-20(14-19)28-22(31)16-33-21-8-6-18(7-9-21)23(32)30-12-10-29(11-13-30)15-17-4-5-17/h1-3,6-9,14,17H,4-5,10-13,15-16H2,(H,28,31). The summed E-state index contributed by atoms with van der Waals surface area (Å²) in [5.41, 5.74) is -0.256. The van der Waals surface area contributed by atoms with E-state index in [9.17, 15) is 22.8 Å². The number of benzene rings is 2. The number of amides is 2. The Kier molecular flexibility index (Phi) is 6.88. The second-order valence-electron chi connectivity index (χ2n) is 8.48. The van der Waals surface area contributed by atoms with Crippen molar-refractivity contribution >= 4 is 17.5 Å². The Hall–Kier alpha value is -3.07. The molecule has 176 valence electrons. The Morgan fingerprint density at radius 3 is 2.33 bits per heavy atom. The minimum Gasteiger partial charge on any atom is -0.484 e. The molecule has 0 spiro atoms.